The van der Waals surface area contributed by atoms with Crippen LogP contribution in [0.25, 0.3) is 0 Å². The molecule has 5 heteroatoms. The summed E-state index contributed by atoms with van der Waals surface area (Å²) in [6.45, 7) is -3.18. The summed E-state index contributed by atoms with van der Waals surface area (Å²) in [4.78, 5) is 0. The van der Waals surface area contributed by atoms with Gasteiger partial charge in [0.25, 0.3) is 0 Å². The summed E-state index contributed by atoms with van der Waals surface area (Å²) >= 11 is 5.66. The molecule has 0 saturated carbocycles. The third-order valence-corrected chi connectivity index (χ3v) is 3.94. The standard InChI is InChI=1S/C8H11ClNO2P/c1-10(2)13(9,11)12-8-6-4-3-5-7-8/h3-7H,1-2H3. The number of benzene rings is 1. The van der Waals surface area contributed by atoms with Gasteiger partial charge in [-0.25, -0.2) is 9.24 Å². The van der Waals surface area contributed by atoms with Crippen LogP contribution >= 0.6 is 18.1 Å². The van der Waals surface area contributed by atoms with Crippen LogP contribution in [0.4, 0.5) is 0 Å². The number of para-hydroxylation sites is 1. The normalized spacial score (nSPS) is 15.4. The predicted molar refractivity (Wildman–Crippen MR) is 54.2 cm³/mol. The second kappa shape index (κ2) is 4.14. The molecule has 1 rings (SSSR count). The van der Waals surface area contributed by atoms with Crippen LogP contribution in [0.15, 0.2) is 30.3 Å². The fraction of sp³-hybridized carbons (Fsp3) is 0.250. The molecular formula is C8H11ClNO2P. The lowest BCUT2D eigenvalue weighted by molar-refractivity contribution is 0.436. The molecule has 0 fully saturated rings. The van der Waals surface area contributed by atoms with Crippen molar-refractivity contribution in [3.05, 3.63) is 30.3 Å². The Morgan fingerprint density at radius 2 is 1.85 bits per heavy atom. The predicted octanol–water partition coefficient (Wildman–Crippen LogP) is 2.97. The Labute approximate surface area is 82.6 Å². The summed E-state index contributed by atoms with van der Waals surface area (Å²) in [5.74, 6) is 0.509. The van der Waals surface area contributed by atoms with E-state index in [0.717, 1.165) is 0 Å². The number of rotatable bonds is 3. The quantitative estimate of drug-likeness (QED) is 0.732. The first kappa shape index (κ1) is 10.6. The minimum Gasteiger partial charge on any atom is -0.422 e. The molecule has 0 aliphatic heterocycles. The van der Waals surface area contributed by atoms with Crippen molar-refractivity contribution >= 4 is 18.1 Å². The van der Waals surface area contributed by atoms with Crippen LogP contribution in [-0.2, 0) is 4.57 Å². The third-order valence-electron chi connectivity index (χ3n) is 1.44. The molecule has 0 aromatic heterocycles. The van der Waals surface area contributed by atoms with Crippen molar-refractivity contribution in [3.63, 3.8) is 0 Å². The van der Waals surface area contributed by atoms with E-state index in [1.54, 1.807) is 38.4 Å². The molecule has 0 amide bonds. The molecule has 0 heterocycles. The molecule has 0 radical (unpaired) electrons. The second-order valence-corrected chi connectivity index (χ2v) is 5.87. The van der Waals surface area contributed by atoms with Gasteiger partial charge in [0.15, 0.2) is 0 Å². The van der Waals surface area contributed by atoms with Crippen LogP contribution < -0.4 is 4.52 Å². The van der Waals surface area contributed by atoms with Crippen molar-refractivity contribution < 1.29 is 9.09 Å². The minimum absolute atomic E-state index is 0.509. The highest BCUT2D eigenvalue weighted by Crippen LogP contribution is 2.53. The van der Waals surface area contributed by atoms with Crippen molar-refractivity contribution in [2.75, 3.05) is 14.1 Å². The first-order valence-corrected chi connectivity index (χ1v) is 6.23. The molecule has 13 heavy (non-hydrogen) atoms. The second-order valence-electron chi connectivity index (χ2n) is 2.70. The van der Waals surface area contributed by atoms with Gasteiger partial charge in [-0.05, 0) is 26.2 Å². The average Bonchev–Trinajstić information content (AvgIpc) is 2.05. The van der Waals surface area contributed by atoms with Crippen LogP contribution in [0.5, 0.6) is 5.75 Å². The van der Waals surface area contributed by atoms with Crippen LogP contribution in [0.1, 0.15) is 0 Å². The molecule has 3 nitrogen and oxygen atoms in total. The fourth-order valence-corrected chi connectivity index (χ4v) is 1.48. The van der Waals surface area contributed by atoms with E-state index in [1.165, 1.54) is 4.67 Å². The summed E-state index contributed by atoms with van der Waals surface area (Å²) < 4.78 is 18.0. The van der Waals surface area contributed by atoms with E-state index in [9.17, 15) is 4.57 Å². The molecular weight excluding hydrogens is 209 g/mol. The van der Waals surface area contributed by atoms with Gasteiger partial charge in [-0.3, -0.25) is 0 Å². The van der Waals surface area contributed by atoms with Crippen molar-refractivity contribution in [2.24, 2.45) is 0 Å². The molecule has 1 aromatic carbocycles. The molecule has 0 bridgehead atoms. The van der Waals surface area contributed by atoms with Gasteiger partial charge in [-0.2, -0.15) is 0 Å². The Kier molecular flexibility index (Phi) is 3.37. The SMILES string of the molecule is CN(C)P(=O)(Cl)Oc1ccccc1. The van der Waals surface area contributed by atoms with E-state index in [1.807, 2.05) is 6.07 Å². The van der Waals surface area contributed by atoms with Gasteiger partial charge >= 0.3 is 6.87 Å². The summed E-state index contributed by atoms with van der Waals surface area (Å²) in [7, 11) is 3.22. The molecule has 1 atom stereocenters. The van der Waals surface area contributed by atoms with Gasteiger partial charge in [0.1, 0.15) is 5.75 Å². The van der Waals surface area contributed by atoms with Gasteiger partial charge in [-0.1, -0.05) is 18.2 Å². The largest absolute Gasteiger partial charge is 0.422 e. The van der Waals surface area contributed by atoms with E-state index in [2.05, 4.69) is 0 Å². The Morgan fingerprint density at radius 1 is 1.31 bits per heavy atom. The van der Waals surface area contributed by atoms with Crippen LogP contribution in [-0.4, -0.2) is 18.8 Å². The smallest absolute Gasteiger partial charge is 0.411 e. The maximum absolute atomic E-state index is 11.6. The average molecular weight is 220 g/mol. The minimum atomic E-state index is -3.18. The summed E-state index contributed by atoms with van der Waals surface area (Å²) in [6.07, 6.45) is 0. The maximum Gasteiger partial charge on any atom is 0.411 e. The third kappa shape index (κ3) is 3.03. The highest BCUT2D eigenvalue weighted by atomic mass is 35.7. The topological polar surface area (TPSA) is 29.5 Å². The Hall–Kier alpha value is -0.500. The maximum atomic E-state index is 11.6. The lowest BCUT2D eigenvalue weighted by atomic mass is 10.3. The molecule has 1 unspecified atom stereocenters. The highest BCUT2D eigenvalue weighted by Gasteiger charge is 2.23. The lowest BCUT2D eigenvalue weighted by Gasteiger charge is -2.18. The molecule has 0 aliphatic carbocycles. The van der Waals surface area contributed by atoms with Gasteiger partial charge in [0, 0.05) is 11.2 Å². The number of hydrogen-bond donors (Lipinski definition) is 0. The van der Waals surface area contributed by atoms with E-state index in [-0.39, 0.29) is 0 Å². The van der Waals surface area contributed by atoms with E-state index in [0.29, 0.717) is 5.75 Å². The van der Waals surface area contributed by atoms with Crippen LogP contribution in [0.2, 0.25) is 0 Å². The van der Waals surface area contributed by atoms with Crippen LogP contribution in [0.3, 0.4) is 0 Å². The monoisotopic (exact) mass is 219 g/mol. The van der Waals surface area contributed by atoms with E-state index >= 15 is 0 Å². The summed E-state index contributed by atoms with van der Waals surface area (Å²) in [5, 5.41) is 0. The molecule has 72 valence electrons. The molecule has 0 spiro atoms. The molecule has 1 aromatic rings. The molecule has 0 saturated heterocycles. The Bertz CT molecular complexity index is 315. The first-order chi connectivity index (χ1) is 6.02. The van der Waals surface area contributed by atoms with Gasteiger partial charge in [-0.15, -0.1) is 0 Å². The zero-order valence-electron chi connectivity index (χ0n) is 7.48. The first-order valence-electron chi connectivity index (χ1n) is 3.74. The highest BCUT2D eigenvalue weighted by molar-refractivity contribution is 7.83. The van der Waals surface area contributed by atoms with Crippen molar-refractivity contribution in [1.82, 2.24) is 4.67 Å². The van der Waals surface area contributed by atoms with E-state index in [4.69, 9.17) is 15.8 Å². The Balaban J connectivity index is 2.76. The number of halogens is 1. The van der Waals surface area contributed by atoms with Gasteiger partial charge in [0.05, 0.1) is 0 Å². The van der Waals surface area contributed by atoms with Crippen LogP contribution in [0, 0.1) is 0 Å². The van der Waals surface area contributed by atoms with E-state index < -0.39 is 6.87 Å². The molecule has 0 N–H and O–H groups in total. The van der Waals surface area contributed by atoms with Crippen molar-refractivity contribution in [1.29, 1.82) is 0 Å². The summed E-state index contributed by atoms with van der Waals surface area (Å²) in [6, 6.07) is 8.85. The fourth-order valence-electron chi connectivity index (χ4n) is 0.693. The summed E-state index contributed by atoms with van der Waals surface area (Å²) in [5.41, 5.74) is 0. The Morgan fingerprint density at radius 3 is 2.31 bits per heavy atom. The van der Waals surface area contributed by atoms with Gasteiger partial charge in [0.2, 0.25) is 0 Å². The zero-order chi connectivity index (χ0) is 9.90. The lowest BCUT2D eigenvalue weighted by Crippen LogP contribution is -2.08. The molecule has 0 aliphatic rings. The van der Waals surface area contributed by atoms with Crippen molar-refractivity contribution in [3.8, 4) is 5.75 Å². The van der Waals surface area contributed by atoms with Gasteiger partial charge < -0.3 is 4.52 Å². The number of hydrogen-bond acceptors (Lipinski definition) is 2. The number of nitrogens with zero attached hydrogens (tertiary/aromatic N) is 1. The van der Waals surface area contributed by atoms with Crippen molar-refractivity contribution in [2.45, 2.75) is 0 Å². The zero-order valence-corrected chi connectivity index (χ0v) is 9.13.